The summed E-state index contributed by atoms with van der Waals surface area (Å²) in [6.07, 6.45) is 1.85. The van der Waals surface area contributed by atoms with E-state index in [-0.39, 0.29) is 25.1 Å². The molecule has 0 bridgehead atoms. The van der Waals surface area contributed by atoms with Gasteiger partial charge in [-0.05, 0) is 25.7 Å². The predicted octanol–water partition coefficient (Wildman–Crippen LogP) is 3.18. The van der Waals surface area contributed by atoms with Crippen LogP contribution in [0.5, 0.6) is 0 Å². The normalized spacial score (nSPS) is 13.9. The molecule has 11 nitrogen and oxygen atoms in total. The molecule has 1 saturated heterocycles. The zero-order chi connectivity index (χ0) is 28.7. The Morgan fingerprint density at radius 1 is 1.10 bits per heavy atom. The van der Waals surface area contributed by atoms with E-state index in [0.717, 1.165) is 23.3 Å². The van der Waals surface area contributed by atoms with Crippen molar-refractivity contribution in [1.82, 2.24) is 20.5 Å². The lowest BCUT2D eigenvalue weighted by atomic mass is 10.1. The Bertz CT molecular complexity index is 1120. The number of rotatable bonds is 14. The molecule has 2 aromatic rings. The van der Waals surface area contributed by atoms with Crippen molar-refractivity contribution in [3.05, 3.63) is 40.9 Å². The lowest BCUT2D eigenvalue weighted by Gasteiger charge is -2.26. The van der Waals surface area contributed by atoms with Gasteiger partial charge in [0, 0.05) is 56.8 Å². The number of carbonyl (C=O) groups is 4. The molecule has 2 heterocycles. The maximum Gasteiger partial charge on any atom is 0.417 e. The molecule has 1 aromatic carbocycles. The minimum atomic E-state index is -1.24. The minimum absolute atomic E-state index is 0.0843. The van der Waals surface area contributed by atoms with Crippen molar-refractivity contribution in [3.63, 3.8) is 0 Å². The van der Waals surface area contributed by atoms with E-state index in [1.807, 2.05) is 37.3 Å². The molecular weight excluding hydrogens is 536 g/mol. The first-order valence-corrected chi connectivity index (χ1v) is 14.5. The highest BCUT2D eigenvalue weighted by atomic mass is 32.1. The molecule has 1 atom stereocenters. The molecule has 2 amide bonds. The van der Waals surface area contributed by atoms with Gasteiger partial charge >= 0.3 is 18.0 Å². The van der Waals surface area contributed by atoms with Crippen molar-refractivity contribution >= 4 is 35.3 Å². The Hall–Kier alpha value is -3.35. The lowest BCUT2D eigenvalue weighted by molar-refractivity contribution is -0.144. The number of benzene rings is 1. The van der Waals surface area contributed by atoms with Gasteiger partial charge in [0.25, 0.3) is 5.91 Å². The van der Waals surface area contributed by atoms with Crippen LogP contribution in [0, 0.1) is 0 Å². The van der Waals surface area contributed by atoms with E-state index in [1.165, 1.54) is 16.2 Å². The number of methoxy groups -OCH3 is 1. The number of carbonyl (C=O) groups excluding carboxylic acids is 4. The van der Waals surface area contributed by atoms with Crippen molar-refractivity contribution in [2.75, 3.05) is 46.5 Å². The summed E-state index contributed by atoms with van der Waals surface area (Å²) >= 11 is 1.40. The lowest BCUT2D eigenvalue weighted by Crippen LogP contribution is -2.49. The zero-order valence-corrected chi connectivity index (χ0v) is 23.9. The van der Waals surface area contributed by atoms with Crippen LogP contribution < -0.4 is 10.6 Å². The Morgan fingerprint density at radius 3 is 2.55 bits per heavy atom. The van der Waals surface area contributed by atoms with E-state index >= 15 is 0 Å². The third-order valence-electron chi connectivity index (χ3n) is 6.24. The maximum absolute atomic E-state index is 13.5. The summed E-state index contributed by atoms with van der Waals surface area (Å²) in [6.45, 7) is 4.76. The number of aromatic nitrogens is 1. The van der Waals surface area contributed by atoms with Gasteiger partial charge in [0.2, 0.25) is 0 Å². The van der Waals surface area contributed by atoms with Crippen molar-refractivity contribution in [2.24, 2.45) is 0 Å². The van der Waals surface area contributed by atoms with Crippen molar-refractivity contribution < 1.29 is 33.4 Å². The van der Waals surface area contributed by atoms with Gasteiger partial charge in [-0.2, -0.15) is 0 Å². The highest BCUT2D eigenvalue weighted by molar-refractivity contribution is 7.15. The van der Waals surface area contributed by atoms with Crippen LogP contribution in [0.1, 0.15) is 54.4 Å². The predicted molar refractivity (Wildman–Crippen MR) is 150 cm³/mol. The van der Waals surface area contributed by atoms with Gasteiger partial charge in [-0.15, -0.1) is 11.3 Å². The van der Waals surface area contributed by atoms with Crippen LogP contribution in [0.4, 0.5) is 4.79 Å². The van der Waals surface area contributed by atoms with E-state index in [9.17, 15) is 19.2 Å². The number of ether oxygens (including phenoxy) is 3. The largest absolute Gasteiger partial charge is 0.466 e. The Labute approximate surface area is 238 Å². The second-order valence-corrected chi connectivity index (χ2v) is 10.4. The number of aryl methyl sites for hydroxylation is 1. The van der Waals surface area contributed by atoms with Gasteiger partial charge in [0.15, 0.2) is 0 Å². The molecule has 1 aromatic heterocycles. The Balaban J connectivity index is 1.77. The number of hydrogen-bond acceptors (Lipinski definition) is 10. The molecule has 12 heteroatoms. The summed E-state index contributed by atoms with van der Waals surface area (Å²) in [7, 11) is 1.61. The van der Waals surface area contributed by atoms with E-state index in [1.54, 1.807) is 7.11 Å². The van der Waals surface area contributed by atoms with Gasteiger partial charge in [0.1, 0.15) is 16.7 Å². The first kappa shape index (κ1) is 31.2. The second-order valence-electron chi connectivity index (χ2n) is 9.32. The highest BCUT2D eigenvalue weighted by Gasteiger charge is 2.30. The summed E-state index contributed by atoms with van der Waals surface area (Å²) < 4.78 is 15.5. The Morgan fingerprint density at radius 2 is 1.85 bits per heavy atom. The molecule has 3 rings (SSSR count). The number of thiazole rings is 1. The van der Waals surface area contributed by atoms with Crippen molar-refractivity contribution in [3.8, 4) is 10.6 Å². The van der Waals surface area contributed by atoms with Gasteiger partial charge in [-0.3, -0.25) is 9.59 Å². The number of amides is 2. The maximum atomic E-state index is 13.5. The van der Waals surface area contributed by atoms with E-state index in [0.29, 0.717) is 50.6 Å². The minimum Gasteiger partial charge on any atom is -0.466 e. The summed E-state index contributed by atoms with van der Waals surface area (Å²) in [5.41, 5.74) is 1.06. The zero-order valence-electron chi connectivity index (χ0n) is 23.1. The average Bonchev–Trinajstić information content (AvgIpc) is 3.40. The van der Waals surface area contributed by atoms with E-state index in [4.69, 9.17) is 14.2 Å². The fraction of sp³-hybridized carbons (Fsp3) is 0.536. The van der Waals surface area contributed by atoms with Crippen LogP contribution in [0.3, 0.4) is 0 Å². The van der Waals surface area contributed by atoms with Crippen LogP contribution in [-0.2, 0) is 30.2 Å². The number of hydrogen-bond donors (Lipinski definition) is 2. The number of esters is 2. The summed E-state index contributed by atoms with van der Waals surface area (Å²) in [5, 5.41) is 6.46. The molecule has 40 heavy (non-hydrogen) atoms. The number of unbranched alkanes of at least 4 members (excludes halogenated alkanes) is 1. The molecule has 1 aliphatic rings. The van der Waals surface area contributed by atoms with Crippen molar-refractivity contribution in [2.45, 2.75) is 51.5 Å². The molecule has 0 spiro atoms. The van der Waals surface area contributed by atoms with Crippen LogP contribution in [-0.4, -0.2) is 86.4 Å². The van der Waals surface area contributed by atoms with E-state index in [2.05, 4.69) is 15.6 Å². The fourth-order valence-electron chi connectivity index (χ4n) is 3.99. The Kier molecular flexibility index (Phi) is 13.0. The average molecular weight is 575 g/mol. The number of piperazine rings is 1. The number of nitrogens with zero attached hydrogens (tertiary/aromatic N) is 2. The summed E-state index contributed by atoms with van der Waals surface area (Å²) in [6, 6.07) is 8.25. The topological polar surface area (TPSA) is 136 Å². The summed E-state index contributed by atoms with van der Waals surface area (Å²) in [5.74, 6) is -2.01. The quantitative estimate of drug-likeness (QED) is 0.198. The smallest absolute Gasteiger partial charge is 0.417 e. The molecule has 218 valence electrons. The monoisotopic (exact) mass is 574 g/mol. The third kappa shape index (κ3) is 9.68. The second kappa shape index (κ2) is 16.7. The van der Waals surface area contributed by atoms with Gasteiger partial charge < -0.3 is 29.7 Å². The first-order valence-electron chi connectivity index (χ1n) is 13.6. The molecule has 2 N–H and O–H groups in total. The summed E-state index contributed by atoms with van der Waals surface area (Å²) in [4.78, 5) is 58.1. The highest BCUT2D eigenvalue weighted by Crippen LogP contribution is 2.29. The molecular formula is C28H38N4O7S. The number of nitrogens with one attached hydrogen (secondary N) is 2. The molecule has 1 aliphatic heterocycles. The van der Waals surface area contributed by atoms with Crippen molar-refractivity contribution in [1.29, 1.82) is 0 Å². The molecule has 1 fully saturated rings. The van der Waals surface area contributed by atoms with Crippen LogP contribution >= 0.6 is 11.3 Å². The SMILES string of the molecule is CCCCOC(=O)CCC(NC(=O)c1nc(-c2ccccc2)sc1CCCOC)C(=O)OC(=O)N1CCNCC1. The molecule has 0 aliphatic carbocycles. The fourth-order valence-corrected chi connectivity index (χ4v) is 5.09. The molecule has 0 saturated carbocycles. The van der Waals surface area contributed by atoms with Gasteiger partial charge in [-0.1, -0.05) is 43.7 Å². The molecule has 0 radical (unpaired) electrons. The van der Waals surface area contributed by atoms with Gasteiger partial charge in [0.05, 0.1) is 6.61 Å². The van der Waals surface area contributed by atoms with Gasteiger partial charge in [-0.25, -0.2) is 14.6 Å². The standard InChI is InChI=1S/C28H38N4O7S/c1-3-4-19-38-23(33)13-12-21(27(35)39-28(36)32-16-14-29-15-17-32)30-25(34)24-22(11-8-18-37-2)40-26(31-24)20-9-6-5-7-10-20/h5-7,9-10,21,29H,3-4,8,11-19H2,1-2H3,(H,30,34). The van der Waals surface area contributed by atoms with Crippen LogP contribution in [0.2, 0.25) is 0 Å². The molecule has 1 unspecified atom stereocenters. The van der Waals surface area contributed by atoms with Crippen LogP contribution in [0.25, 0.3) is 10.6 Å². The van der Waals surface area contributed by atoms with E-state index < -0.39 is 30.0 Å². The first-order chi connectivity index (χ1) is 19.4. The van der Waals surface area contributed by atoms with Crippen LogP contribution in [0.15, 0.2) is 30.3 Å². The third-order valence-corrected chi connectivity index (χ3v) is 7.40.